The minimum Gasteiger partial charge on any atom is -0.310 e. The lowest BCUT2D eigenvalue weighted by Gasteiger charge is -2.27. The van der Waals surface area contributed by atoms with E-state index in [-0.39, 0.29) is 0 Å². The van der Waals surface area contributed by atoms with Gasteiger partial charge in [-0.15, -0.1) is 0 Å². The van der Waals surface area contributed by atoms with Crippen molar-refractivity contribution in [1.29, 1.82) is 0 Å². The summed E-state index contributed by atoms with van der Waals surface area (Å²) < 4.78 is 0. The first kappa shape index (κ1) is 31.1. The van der Waals surface area contributed by atoms with Crippen molar-refractivity contribution in [3.05, 3.63) is 217 Å². The fourth-order valence-corrected chi connectivity index (χ4v) is 7.15. The van der Waals surface area contributed by atoms with E-state index in [9.17, 15) is 0 Å². The molecule has 0 aliphatic rings. The van der Waals surface area contributed by atoms with Crippen LogP contribution in [-0.4, -0.2) is 0 Å². The predicted octanol–water partition coefficient (Wildman–Crippen LogP) is 14.3. The topological polar surface area (TPSA) is 6.48 Å². The van der Waals surface area contributed by atoms with E-state index in [2.05, 4.69) is 228 Å². The van der Waals surface area contributed by atoms with Gasteiger partial charge in [-0.3, -0.25) is 0 Å². The van der Waals surface area contributed by atoms with E-state index in [0.29, 0.717) is 0 Å². The van der Waals surface area contributed by atoms with Crippen LogP contribution in [0.1, 0.15) is 11.1 Å². The third-order valence-electron chi connectivity index (χ3n) is 9.78. The van der Waals surface area contributed by atoms with Gasteiger partial charge in [-0.05, 0) is 105 Å². The Morgan fingerprint density at radius 1 is 0.269 bits per heavy atom. The van der Waals surface area contributed by atoms with Crippen LogP contribution in [0.4, 0.5) is 34.1 Å². The molecule has 52 heavy (non-hydrogen) atoms. The van der Waals surface area contributed by atoms with Gasteiger partial charge in [-0.25, -0.2) is 0 Å². The summed E-state index contributed by atoms with van der Waals surface area (Å²) in [6.07, 6.45) is 4.38. The largest absolute Gasteiger partial charge is 0.310 e. The van der Waals surface area contributed by atoms with Crippen LogP contribution in [0.3, 0.4) is 0 Å². The van der Waals surface area contributed by atoms with E-state index < -0.39 is 0 Å². The standard InChI is InChI=1S/C50H36N2/c1-2-17-44(18-3-1)51(47-33-27-39-11-4-6-14-42(39)35-47)45-29-23-37(24-30-45)21-22-38-25-31-46(32-26-38)52(48-34-28-40-12-5-7-15-43(40)36-48)50-20-10-16-41-13-8-9-19-49(41)50/h1-36H. The molecule has 246 valence electrons. The van der Waals surface area contributed by atoms with Gasteiger partial charge in [0.2, 0.25) is 0 Å². The van der Waals surface area contributed by atoms with Crippen molar-refractivity contribution in [3.63, 3.8) is 0 Å². The maximum Gasteiger partial charge on any atom is 0.0540 e. The van der Waals surface area contributed by atoms with Gasteiger partial charge in [0.1, 0.15) is 0 Å². The smallest absolute Gasteiger partial charge is 0.0540 e. The zero-order valence-electron chi connectivity index (χ0n) is 28.7. The molecule has 0 aromatic heterocycles. The Labute approximate surface area is 304 Å². The maximum absolute atomic E-state index is 2.37. The first-order valence-electron chi connectivity index (χ1n) is 17.8. The molecule has 0 bridgehead atoms. The van der Waals surface area contributed by atoms with Gasteiger partial charge >= 0.3 is 0 Å². The predicted molar refractivity (Wildman–Crippen MR) is 224 cm³/mol. The lowest BCUT2D eigenvalue weighted by Crippen LogP contribution is -2.10. The van der Waals surface area contributed by atoms with Gasteiger partial charge in [0.15, 0.2) is 0 Å². The molecular formula is C50H36N2. The minimum absolute atomic E-state index is 1.11. The highest BCUT2D eigenvalue weighted by molar-refractivity contribution is 6.00. The maximum atomic E-state index is 2.37. The summed E-state index contributed by atoms with van der Waals surface area (Å²) in [4.78, 5) is 4.69. The summed E-state index contributed by atoms with van der Waals surface area (Å²) in [6.45, 7) is 0. The summed E-state index contributed by atoms with van der Waals surface area (Å²) in [6, 6.07) is 73.8. The normalized spacial score (nSPS) is 11.4. The van der Waals surface area contributed by atoms with Gasteiger partial charge in [0.05, 0.1) is 5.69 Å². The van der Waals surface area contributed by atoms with Crippen molar-refractivity contribution in [1.82, 2.24) is 0 Å². The Bertz CT molecular complexity index is 2670. The molecule has 0 amide bonds. The monoisotopic (exact) mass is 664 g/mol. The highest BCUT2D eigenvalue weighted by Crippen LogP contribution is 2.40. The number of hydrogen-bond donors (Lipinski definition) is 0. The van der Waals surface area contributed by atoms with Gasteiger partial charge in [0, 0.05) is 33.8 Å². The first-order valence-corrected chi connectivity index (χ1v) is 17.8. The Kier molecular flexibility index (Phi) is 8.24. The van der Waals surface area contributed by atoms with E-state index in [0.717, 1.165) is 45.3 Å². The zero-order chi connectivity index (χ0) is 34.7. The van der Waals surface area contributed by atoms with Crippen LogP contribution < -0.4 is 9.80 Å². The summed E-state index contributed by atoms with van der Waals surface area (Å²) in [5.74, 6) is 0. The van der Waals surface area contributed by atoms with Gasteiger partial charge in [-0.1, -0.05) is 152 Å². The summed E-state index contributed by atoms with van der Waals surface area (Å²) in [5.41, 5.74) is 9.07. The molecule has 0 aliphatic carbocycles. The minimum atomic E-state index is 1.11. The van der Waals surface area contributed by atoms with Crippen molar-refractivity contribution >= 4 is 78.6 Å². The fraction of sp³-hybridized carbons (Fsp3) is 0. The molecule has 0 radical (unpaired) electrons. The Hall–Kier alpha value is -6.90. The van der Waals surface area contributed by atoms with E-state index >= 15 is 0 Å². The van der Waals surface area contributed by atoms with Crippen molar-refractivity contribution in [2.45, 2.75) is 0 Å². The molecule has 0 saturated heterocycles. The summed E-state index contributed by atoms with van der Waals surface area (Å²) in [7, 11) is 0. The van der Waals surface area contributed by atoms with Crippen molar-refractivity contribution in [3.8, 4) is 0 Å². The molecule has 0 N–H and O–H groups in total. The second-order valence-corrected chi connectivity index (χ2v) is 13.1. The Morgan fingerprint density at radius 3 is 1.29 bits per heavy atom. The Morgan fingerprint density at radius 2 is 0.692 bits per heavy atom. The van der Waals surface area contributed by atoms with E-state index in [1.165, 1.54) is 32.3 Å². The van der Waals surface area contributed by atoms with Crippen molar-refractivity contribution in [2.24, 2.45) is 0 Å². The highest BCUT2D eigenvalue weighted by atomic mass is 15.1. The third-order valence-corrected chi connectivity index (χ3v) is 9.78. The highest BCUT2D eigenvalue weighted by Gasteiger charge is 2.16. The summed E-state index contributed by atoms with van der Waals surface area (Å²) in [5, 5.41) is 7.36. The molecule has 9 rings (SSSR count). The fourth-order valence-electron chi connectivity index (χ4n) is 7.15. The van der Waals surface area contributed by atoms with Crippen LogP contribution in [0.2, 0.25) is 0 Å². The first-order chi connectivity index (χ1) is 25.8. The molecule has 0 aliphatic heterocycles. The molecule has 0 unspecified atom stereocenters. The molecular weight excluding hydrogens is 629 g/mol. The second-order valence-electron chi connectivity index (χ2n) is 13.1. The number of para-hydroxylation sites is 1. The SMILES string of the molecule is C(=Cc1ccc(N(c2ccc3ccccc3c2)c2cccc3ccccc23)cc1)c1ccc(N(c2ccccc2)c2ccc3ccccc3c2)cc1. The lowest BCUT2D eigenvalue weighted by molar-refractivity contribution is 1.29. The second kappa shape index (κ2) is 13.8. The third kappa shape index (κ3) is 6.19. The zero-order valence-corrected chi connectivity index (χ0v) is 28.7. The quantitative estimate of drug-likeness (QED) is 0.149. The molecule has 2 heteroatoms. The number of benzene rings is 9. The average molecular weight is 665 g/mol. The molecule has 0 heterocycles. The van der Waals surface area contributed by atoms with Crippen LogP contribution in [0.5, 0.6) is 0 Å². The van der Waals surface area contributed by atoms with E-state index in [1.54, 1.807) is 0 Å². The molecule has 0 fully saturated rings. The van der Waals surface area contributed by atoms with Crippen LogP contribution in [0.25, 0.3) is 44.5 Å². The number of fused-ring (bicyclic) bond motifs is 3. The van der Waals surface area contributed by atoms with Crippen molar-refractivity contribution in [2.75, 3.05) is 9.80 Å². The molecule has 0 saturated carbocycles. The van der Waals surface area contributed by atoms with Crippen LogP contribution >= 0.6 is 0 Å². The van der Waals surface area contributed by atoms with Gasteiger partial charge in [-0.2, -0.15) is 0 Å². The average Bonchev–Trinajstić information content (AvgIpc) is 3.22. The van der Waals surface area contributed by atoms with Crippen LogP contribution in [0, 0.1) is 0 Å². The van der Waals surface area contributed by atoms with Crippen LogP contribution in [0.15, 0.2) is 206 Å². The van der Waals surface area contributed by atoms with Crippen LogP contribution in [-0.2, 0) is 0 Å². The number of hydrogen-bond acceptors (Lipinski definition) is 2. The summed E-state index contributed by atoms with van der Waals surface area (Å²) >= 11 is 0. The lowest BCUT2D eigenvalue weighted by atomic mass is 10.0. The number of rotatable bonds is 8. The van der Waals surface area contributed by atoms with Gasteiger partial charge < -0.3 is 9.80 Å². The van der Waals surface area contributed by atoms with E-state index in [1.807, 2.05) is 0 Å². The molecule has 0 atom stereocenters. The van der Waals surface area contributed by atoms with E-state index in [4.69, 9.17) is 0 Å². The molecule has 9 aromatic carbocycles. The Balaban J connectivity index is 1.01. The number of nitrogens with zero attached hydrogens (tertiary/aromatic N) is 2. The van der Waals surface area contributed by atoms with Gasteiger partial charge in [0.25, 0.3) is 0 Å². The van der Waals surface area contributed by atoms with Crippen molar-refractivity contribution < 1.29 is 0 Å². The number of anilines is 6. The molecule has 2 nitrogen and oxygen atoms in total. The molecule has 0 spiro atoms. The molecule has 9 aromatic rings.